The van der Waals surface area contributed by atoms with Crippen molar-refractivity contribution in [2.75, 3.05) is 19.7 Å². The Kier molecular flexibility index (Phi) is 9.49. The normalized spacial score (nSPS) is 12.4. The number of nitrogens with two attached hydrogens (primary N) is 1. The lowest BCUT2D eigenvalue weighted by atomic mass is 9.85. The maximum Gasteiger partial charge on any atom is 0.410 e. The number of imidazole rings is 1. The maximum absolute atomic E-state index is 13.3. The number of ether oxygens (including phenoxy) is 1. The van der Waals surface area contributed by atoms with E-state index < -0.39 is 0 Å². The number of rotatable bonds is 11. The second-order valence-electron chi connectivity index (χ2n) is 10.0. The van der Waals surface area contributed by atoms with Gasteiger partial charge in [-0.3, -0.25) is 4.90 Å². The largest absolute Gasteiger partial charge is 0.449 e. The summed E-state index contributed by atoms with van der Waals surface area (Å²) < 4.78 is 5.66. The summed E-state index contributed by atoms with van der Waals surface area (Å²) in [6, 6.07) is 20.3. The van der Waals surface area contributed by atoms with Crippen LogP contribution >= 0.6 is 0 Å². The van der Waals surface area contributed by atoms with Crippen molar-refractivity contribution in [1.82, 2.24) is 14.9 Å². The van der Waals surface area contributed by atoms with Gasteiger partial charge in [-0.1, -0.05) is 94.8 Å². The smallest absolute Gasteiger partial charge is 0.410 e. The van der Waals surface area contributed by atoms with Gasteiger partial charge in [0.15, 0.2) is 0 Å². The van der Waals surface area contributed by atoms with Crippen LogP contribution in [0.15, 0.2) is 60.7 Å². The number of H-pyrrole nitrogens is 1. The van der Waals surface area contributed by atoms with Crippen molar-refractivity contribution >= 4 is 6.09 Å². The van der Waals surface area contributed by atoms with Crippen LogP contribution in [0.1, 0.15) is 70.1 Å². The third kappa shape index (κ3) is 7.18. The van der Waals surface area contributed by atoms with Crippen molar-refractivity contribution < 1.29 is 9.53 Å². The highest BCUT2D eigenvalue weighted by Gasteiger charge is 2.38. The molecule has 2 aromatic carbocycles. The molecule has 6 heteroatoms. The van der Waals surface area contributed by atoms with E-state index >= 15 is 0 Å². The molecule has 0 aliphatic carbocycles. The lowest BCUT2D eigenvalue weighted by molar-refractivity contribution is 0.0516. The number of hydrogen-bond acceptors (Lipinski definition) is 4. The van der Waals surface area contributed by atoms with E-state index in [1.165, 1.54) is 5.56 Å². The number of carbonyl (C=O) groups is 1. The number of nitrogens with zero attached hydrogens (tertiary/aromatic N) is 2. The molecule has 188 valence electrons. The zero-order valence-electron chi connectivity index (χ0n) is 21.6. The summed E-state index contributed by atoms with van der Waals surface area (Å²) in [5, 5.41) is 0. The summed E-state index contributed by atoms with van der Waals surface area (Å²) in [6.45, 7) is 9.91. The lowest BCUT2D eigenvalue weighted by Crippen LogP contribution is -2.43. The van der Waals surface area contributed by atoms with Crippen LogP contribution in [-0.2, 0) is 11.2 Å². The van der Waals surface area contributed by atoms with Crippen LogP contribution in [0.3, 0.4) is 0 Å². The van der Waals surface area contributed by atoms with Gasteiger partial charge in [0, 0.05) is 24.2 Å². The van der Waals surface area contributed by atoms with Gasteiger partial charge in [0.05, 0.1) is 18.3 Å². The molecular formula is C29H40N4O2. The van der Waals surface area contributed by atoms with Crippen LogP contribution in [-0.4, -0.2) is 40.7 Å². The Morgan fingerprint density at radius 2 is 1.71 bits per heavy atom. The fourth-order valence-corrected chi connectivity index (χ4v) is 4.32. The number of aromatic nitrogens is 2. The summed E-state index contributed by atoms with van der Waals surface area (Å²) in [7, 11) is 0. The molecule has 1 amide bonds. The molecule has 0 aliphatic heterocycles. The Balaban J connectivity index is 2.06. The number of nitrogens with one attached hydrogen (secondary N) is 1. The van der Waals surface area contributed by atoms with E-state index in [1.54, 1.807) is 0 Å². The monoisotopic (exact) mass is 476 g/mol. The molecule has 6 nitrogen and oxygen atoms in total. The molecule has 0 saturated carbocycles. The third-order valence-corrected chi connectivity index (χ3v) is 6.02. The molecule has 0 fully saturated rings. The third-order valence-electron chi connectivity index (χ3n) is 6.02. The highest BCUT2D eigenvalue weighted by molar-refractivity contribution is 5.69. The Labute approximate surface area is 209 Å². The average molecular weight is 477 g/mol. The van der Waals surface area contributed by atoms with Crippen LogP contribution in [0.2, 0.25) is 0 Å². The minimum absolute atomic E-state index is 0.284. The highest BCUT2D eigenvalue weighted by atomic mass is 16.6. The van der Waals surface area contributed by atoms with E-state index in [2.05, 4.69) is 56.9 Å². The number of benzene rings is 2. The summed E-state index contributed by atoms with van der Waals surface area (Å²) in [5.74, 6) is 0.770. The molecule has 0 unspecified atom stereocenters. The van der Waals surface area contributed by atoms with Crippen LogP contribution in [0, 0.1) is 5.41 Å². The number of carbonyl (C=O) groups excluding carboxylic acids is 1. The van der Waals surface area contributed by atoms with Crippen molar-refractivity contribution in [1.29, 1.82) is 0 Å². The maximum atomic E-state index is 13.3. The van der Waals surface area contributed by atoms with Gasteiger partial charge in [-0.05, 0) is 30.4 Å². The topological polar surface area (TPSA) is 84.2 Å². The van der Waals surface area contributed by atoms with Gasteiger partial charge >= 0.3 is 6.09 Å². The average Bonchev–Trinajstić information content (AvgIpc) is 3.24. The molecule has 0 saturated heterocycles. The van der Waals surface area contributed by atoms with Crippen molar-refractivity contribution in [2.45, 2.75) is 59.4 Å². The van der Waals surface area contributed by atoms with Gasteiger partial charge in [-0.2, -0.15) is 0 Å². The van der Waals surface area contributed by atoms with Crippen LogP contribution < -0.4 is 5.73 Å². The molecule has 3 rings (SSSR count). The van der Waals surface area contributed by atoms with E-state index in [0.717, 1.165) is 42.0 Å². The Morgan fingerprint density at radius 1 is 1.06 bits per heavy atom. The summed E-state index contributed by atoms with van der Waals surface area (Å²) >= 11 is 0. The van der Waals surface area contributed by atoms with Crippen LogP contribution in [0.25, 0.3) is 11.3 Å². The molecule has 1 atom stereocenters. The summed E-state index contributed by atoms with van der Waals surface area (Å²) in [4.78, 5) is 23.8. The zero-order valence-corrected chi connectivity index (χ0v) is 21.6. The van der Waals surface area contributed by atoms with Gasteiger partial charge in [-0.25, -0.2) is 9.78 Å². The number of amides is 1. The molecule has 0 aliphatic rings. The van der Waals surface area contributed by atoms with E-state index in [0.29, 0.717) is 26.1 Å². The van der Waals surface area contributed by atoms with Gasteiger partial charge in [0.1, 0.15) is 5.82 Å². The Bertz CT molecular complexity index is 1040. The zero-order chi connectivity index (χ0) is 25.3. The van der Waals surface area contributed by atoms with Gasteiger partial charge in [0.25, 0.3) is 0 Å². The highest BCUT2D eigenvalue weighted by Crippen LogP contribution is 2.39. The van der Waals surface area contributed by atoms with Crippen molar-refractivity contribution in [3.63, 3.8) is 0 Å². The molecule has 0 bridgehead atoms. The molecule has 3 aromatic rings. The predicted octanol–water partition coefficient (Wildman–Crippen LogP) is 6.34. The van der Waals surface area contributed by atoms with Gasteiger partial charge in [-0.15, -0.1) is 0 Å². The standard InChI is InChI=1S/C29H40N4O2/c1-5-6-20-35-28(34)33(19-13-18-30)26(29(2,3)4)27-31-24(21-22-14-9-7-10-15-22)25(32-27)23-16-11-8-12-17-23/h7-12,14-17,26H,5-6,13,18-21,30H2,1-4H3,(H,31,32)/t26-/m0/s1. The lowest BCUT2D eigenvalue weighted by Gasteiger charge is -2.38. The predicted molar refractivity (Wildman–Crippen MR) is 142 cm³/mol. The number of aromatic amines is 1. The van der Waals surface area contributed by atoms with Gasteiger partial charge < -0.3 is 15.5 Å². The van der Waals surface area contributed by atoms with Crippen molar-refractivity contribution in [3.8, 4) is 11.3 Å². The van der Waals surface area contributed by atoms with Crippen LogP contribution in [0.5, 0.6) is 0 Å². The van der Waals surface area contributed by atoms with E-state index in [1.807, 2.05) is 41.3 Å². The first-order valence-corrected chi connectivity index (χ1v) is 12.7. The first kappa shape index (κ1) is 26.5. The molecular weight excluding hydrogens is 436 g/mol. The Morgan fingerprint density at radius 3 is 2.31 bits per heavy atom. The molecule has 1 heterocycles. The molecule has 35 heavy (non-hydrogen) atoms. The molecule has 0 spiro atoms. The number of unbranched alkanes of at least 4 members (excludes halogenated alkanes) is 1. The number of hydrogen-bond donors (Lipinski definition) is 2. The summed E-state index contributed by atoms with van der Waals surface area (Å²) in [6.07, 6.45) is 2.92. The quantitative estimate of drug-likeness (QED) is 0.316. The minimum Gasteiger partial charge on any atom is -0.449 e. The molecule has 3 N–H and O–H groups in total. The molecule has 1 aromatic heterocycles. The SMILES string of the molecule is CCCCOC(=O)N(CCCN)[C@@H](c1nc(-c2ccccc2)c(Cc2ccccc2)[nH]1)C(C)(C)C. The van der Waals surface area contributed by atoms with Crippen LogP contribution in [0.4, 0.5) is 4.79 Å². The molecule has 0 radical (unpaired) electrons. The van der Waals surface area contributed by atoms with Crippen molar-refractivity contribution in [3.05, 3.63) is 77.7 Å². The first-order chi connectivity index (χ1) is 16.8. The van der Waals surface area contributed by atoms with E-state index in [9.17, 15) is 4.79 Å². The van der Waals surface area contributed by atoms with E-state index in [4.69, 9.17) is 15.5 Å². The van der Waals surface area contributed by atoms with Gasteiger partial charge in [0.2, 0.25) is 0 Å². The fourth-order valence-electron chi connectivity index (χ4n) is 4.32. The second kappa shape index (κ2) is 12.5. The fraction of sp³-hybridized carbons (Fsp3) is 0.448. The minimum atomic E-state index is -0.311. The van der Waals surface area contributed by atoms with E-state index in [-0.39, 0.29) is 17.6 Å². The second-order valence-corrected chi connectivity index (χ2v) is 10.0. The summed E-state index contributed by atoms with van der Waals surface area (Å²) in [5.41, 5.74) is 9.75. The Hall–Kier alpha value is -3.12. The van der Waals surface area contributed by atoms with Crippen molar-refractivity contribution in [2.24, 2.45) is 11.1 Å². The first-order valence-electron chi connectivity index (χ1n) is 12.7.